The topological polar surface area (TPSA) is 32.3 Å². The fourth-order valence-electron chi connectivity index (χ4n) is 3.92. The fourth-order valence-corrected chi connectivity index (χ4v) is 3.92. The van der Waals surface area contributed by atoms with Gasteiger partial charge in [-0.1, -0.05) is 12.1 Å². The van der Waals surface area contributed by atoms with Crippen LogP contribution >= 0.6 is 0 Å². The van der Waals surface area contributed by atoms with Crippen LogP contribution in [0.3, 0.4) is 0 Å². The second kappa shape index (κ2) is 5.09. The van der Waals surface area contributed by atoms with E-state index < -0.39 is 0 Å². The van der Waals surface area contributed by atoms with E-state index in [1.807, 2.05) is 11.0 Å². The van der Waals surface area contributed by atoms with Crippen LogP contribution in [-0.2, 0) is 11.3 Å². The summed E-state index contributed by atoms with van der Waals surface area (Å²) < 4.78 is 13.3. The number of benzene rings is 1. The Morgan fingerprint density at radius 1 is 1.29 bits per heavy atom. The number of halogens is 1. The molecule has 1 saturated carbocycles. The van der Waals surface area contributed by atoms with Gasteiger partial charge in [0, 0.05) is 24.7 Å². The Morgan fingerprint density at radius 3 is 2.76 bits per heavy atom. The SMILES string of the molecule is O=C(C1CC2CCC1N2)N(Cc1cccc(F)c1)C1CC1. The van der Waals surface area contributed by atoms with Crippen molar-refractivity contribution in [2.24, 2.45) is 5.92 Å². The maximum absolute atomic E-state index is 13.3. The van der Waals surface area contributed by atoms with E-state index in [1.54, 1.807) is 12.1 Å². The summed E-state index contributed by atoms with van der Waals surface area (Å²) in [5.74, 6) is 0.191. The Hall–Kier alpha value is -1.42. The highest BCUT2D eigenvalue weighted by Gasteiger charge is 2.46. The zero-order valence-corrected chi connectivity index (χ0v) is 12.1. The van der Waals surface area contributed by atoms with Gasteiger partial charge in [0.05, 0.1) is 5.92 Å². The predicted molar refractivity (Wildman–Crippen MR) is 78.0 cm³/mol. The molecular weight excluding hydrogens is 267 g/mol. The number of carbonyl (C=O) groups is 1. The molecular formula is C17H21FN2O. The molecule has 0 aromatic heterocycles. The van der Waals surface area contributed by atoms with Gasteiger partial charge in [-0.3, -0.25) is 4.79 Å². The van der Waals surface area contributed by atoms with Crippen molar-refractivity contribution in [1.29, 1.82) is 0 Å². The standard InChI is InChI=1S/C17H21FN2O/c18-12-3-1-2-11(8-12)10-20(14-5-6-14)17(21)15-9-13-4-7-16(15)19-13/h1-3,8,13-16,19H,4-7,9-10H2. The lowest BCUT2D eigenvalue weighted by molar-refractivity contribution is -0.137. The first-order valence-electron chi connectivity index (χ1n) is 8.01. The lowest BCUT2D eigenvalue weighted by atomic mass is 9.88. The average molecular weight is 288 g/mol. The van der Waals surface area contributed by atoms with E-state index in [9.17, 15) is 9.18 Å². The largest absolute Gasteiger partial charge is 0.335 e. The van der Waals surface area contributed by atoms with Crippen LogP contribution in [0.2, 0.25) is 0 Å². The summed E-state index contributed by atoms with van der Waals surface area (Å²) in [7, 11) is 0. The number of amides is 1. The highest BCUT2D eigenvalue weighted by atomic mass is 19.1. The maximum Gasteiger partial charge on any atom is 0.227 e. The molecule has 3 nitrogen and oxygen atoms in total. The summed E-state index contributed by atoms with van der Waals surface area (Å²) in [6.45, 7) is 0.551. The first-order chi connectivity index (χ1) is 10.2. The van der Waals surface area contributed by atoms with Gasteiger partial charge in [-0.25, -0.2) is 4.39 Å². The van der Waals surface area contributed by atoms with Gasteiger partial charge < -0.3 is 10.2 Å². The Morgan fingerprint density at radius 2 is 2.14 bits per heavy atom. The molecule has 1 aliphatic carbocycles. The van der Waals surface area contributed by atoms with Crippen molar-refractivity contribution in [2.75, 3.05) is 0 Å². The summed E-state index contributed by atoms with van der Waals surface area (Å²) in [6, 6.07) is 7.91. The van der Waals surface area contributed by atoms with E-state index in [-0.39, 0.29) is 17.6 Å². The Balaban J connectivity index is 1.50. The quantitative estimate of drug-likeness (QED) is 0.923. The number of nitrogens with one attached hydrogen (secondary N) is 1. The van der Waals surface area contributed by atoms with Gasteiger partial charge in [-0.2, -0.15) is 0 Å². The van der Waals surface area contributed by atoms with E-state index in [0.29, 0.717) is 24.7 Å². The molecule has 4 rings (SSSR count). The maximum atomic E-state index is 13.3. The Kier molecular flexibility index (Phi) is 3.21. The molecule has 1 aromatic carbocycles. The lowest BCUT2D eigenvalue weighted by Gasteiger charge is -2.29. The third-order valence-electron chi connectivity index (χ3n) is 5.13. The highest BCUT2D eigenvalue weighted by molar-refractivity contribution is 5.81. The first kappa shape index (κ1) is 13.3. The number of hydrogen-bond donors (Lipinski definition) is 1. The minimum absolute atomic E-state index is 0.137. The molecule has 1 N–H and O–H groups in total. The van der Waals surface area contributed by atoms with Crippen LogP contribution in [0.15, 0.2) is 24.3 Å². The monoisotopic (exact) mass is 288 g/mol. The molecule has 2 bridgehead atoms. The third-order valence-corrected chi connectivity index (χ3v) is 5.13. The van der Waals surface area contributed by atoms with Gasteiger partial charge in [0.2, 0.25) is 5.91 Å². The molecule has 1 aromatic rings. The van der Waals surface area contributed by atoms with Gasteiger partial charge in [-0.05, 0) is 49.8 Å². The smallest absolute Gasteiger partial charge is 0.227 e. The van der Waals surface area contributed by atoms with E-state index in [1.165, 1.54) is 12.5 Å². The number of hydrogen-bond acceptors (Lipinski definition) is 2. The molecule has 2 aliphatic heterocycles. The van der Waals surface area contributed by atoms with Crippen LogP contribution in [0.4, 0.5) is 4.39 Å². The van der Waals surface area contributed by atoms with Crippen LogP contribution < -0.4 is 5.32 Å². The van der Waals surface area contributed by atoms with Gasteiger partial charge in [0.1, 0.15) is 5.82 Å². The number of rotatable bonds is 4. The van der Waals surface area contributed by atoms with Crippen molar-refractivity contribution in [2.45, 2.75) is 56.8 Å². The zero-order valence-electron chi connectivity index (χ0n) is 12.1. The van der Waals surface area contributed by atoms with Crippen molar-refractivity contribution in [1.82, 2.24) is 10.2 Å². The van der Waals surface area contributed by atoms with E-state index in [4.69, 9.17) is 0 Å². The third kappa shape index (κ3) is 2.57. The molecule has 3 fully saturated rings. The molecule has 0 spiro atoms. The van der Waals surface area contributed by atoms with Crippen molar-refractivity contribution < 1.29 is 9.18 Å². The molecule has 3 atom stereocenters. The van der Waals surface area contributed by atoms with Crippen LogP contribution in [0.5, 0.6) is 0 Å². The fraction of sp³-hybridized carbons (Fsp3) is 0.588. The molecule has 3 unspecified atom stereocenters. The minimum atomic E-state index is -0.225. The Labute approximate surface area is 124 Å². The van der Waals surface area contributed by atoms with Gasteiger partial charge in [0.25, 0.3) is 0 Å². The van der Waals surface area contributed by atoms with E-state index in [2.05, 4.69) is 5.32 Å². The molecule has 3 aliphatic rings. The Bertz CT molecular complexity index is 557. The molecule has 112 valence electrons. The summed E-state index contributed by atoms with van der Waals surface area (Å²) in [5, 5.41) is 3.54. The van der Waals surface area contributed by atoms with Crippen molar-refractivity contribution in [3.8, 4) is 0 Å². The minimum Gasteiger partial charge on any atom is -0.335 e. The molecule has 4 heteroatoms. The number of nitrogens with zero attached hydrogens (tertiary/aromatic N) is 1. The summed E-state index contributed by atoms with van der Waals surface area (Å²) in [5.41, 5.74) is 0.895. The molecule has 0 radical (unpaired) electrons. The van der Waals surface area contributed by atoms with E-state index >= 15 is 0 Å². The number of carbonyl (C=O) groups excluding carboxylic acids is 1. The van der Waals surface area contributed by atoms with Crippen molar-refractivity contribution >= 4 is 5.91 Å². The van der Waals surface area contributed by atoms with Crippen LogP contribution in [0.25, 0.3) is 0 Å². The second-order valence-electron chi connectivity index (χ2n) is 6.72. The molecule has 1 amide bonds. The normalized spacial score (nSPS) is 30.6. The van der Waals surface area contributed by atoms with Crippen LogP contribution in [0, 0.1) is 11.7 Å². The second-order valence-corrected chi connectivity index (χ2v) is 6.72. The zero-order chi connectivity index (χ0) is 14.4. The van der Waals surface area contributed by atoms with Gasteiger partial charge in [0.15, 0.2) is 0 Å². The summed E-state index contributed by atoms with van der Waals surface area (Å²) >= 11 is 0. The number of fused-ring (bicyclic) bond motifs is 2. The van der Waals surface area contributed by atoms with Crippen molar-refractivity contribution in [3.63, 3.8) is 0 Å². The summed E-state index contributed by atoms with van der Waals surface area (Å²) in [4.78, 5) is 14.9. The molecule has 21 heavy (non-hydrogen) atoms. The van der Waals surface area contributed by atoms with Crippen molar-refractivity contribution in [3.05, 3.63) is 35.6 Å². The van der Waals surface area contributed by atoms with Gasteiger partial charge in [-0.15, -0.1) is 0 Å². The predicted octanol–water partition coefficient (Wildman–Crippen LogP) is 2.46. The lowest BCUT2D eigenvalue weighted by Crippen LogP contribution is -2.41. The first-order valence-corrected chi connectivity index (χ1v) is 8.01. The van der Waals surface area contributed by atoms with E-state index in [0.717, 1.165) is 31.2 Å². The van der Waals surface area contributed by atoms with Crippen LogP contribution in [-0.4, -0.2) is 28.9 Å². The summed E-state index contributed by atoms with van der Waals surface area (Å²) in [6.07, 6.45) is 5.50. The molecule has 2 saturated heterocycles. The van der Waals surface area contributed by atoms with Crippen LogP contribution in [0.1, 0.15) is 37.7 Å². The molecule has 2 heterocycles. The highest BCUT2D eigenvalue weighted by Crippen LogP contribution is 2.37. The average Bonchev–Trinajstić information content (AvgIpc) is 3.10. The van der Waals surface area contributed by atoms with Gasteiger partial charge >= 0.3 is 0 Å².